The fraction of sp³-hybridized carbons (Fsp3) is 0.190. The van der Waals surface area contributed by atoms with Crippen LogP contribution in [0.25, 0.3) is 10.9 Å². The third-order valence-electron chi connectivity index (χ3n) is 3.91. The number of carbonyl (C=O) groups excluding carboxylic acids is 1. The minimum absolute atomic E-state index is 0.121. The lowest BCUT2D eigenvalue weighted by molar-refractivity contribution is -0.113. The molecule has 6 nitrogen and oxygen atoms in total. The number of hydrogen-bond acceptors (Lipinski definition) is 6. The number of pyridine rings is 1. The van der Waals surface area contributed by atoms with Gasteiger partial charge in [0.1, 0.15) is 22.6 Å². The van der Waals surface area contributed by atoms with E-state index in [2.05, 4.69) is 16.4 Å². The lowest BCUT2D eigenvalue weighted by Crippen LogP contribution is -2.14. The molecule has 142 valence electrons. The molecule has 1 heterocycles. The number of carbonyl (C=O) groups is 1. The summed E-state index contributed by atoms with van der Waals surface area (Å²) in [6, 6.07) is 16.7. The second-order valence-corrected chi connectivity index (χ2v) is 6.74. The molecule has 0 aliphatic carbocycles. The van der Waals surface area contributed by atoms with Gasteiger partial charge in [0.25, 0.3) is 0 Å². The number of nitrogens with zero attached hydrogens (tertiary/aromatic N) is 2. The molecule has 0 fully saturated rings. The second kappa shape index (κ2) is 9.11. The van der Waals surface area contributed by atoms with Crippen LogP contribution in [0.1, 0.15) is 12.5 Å². The number of methoxy groups -OCH3 is 1. The number of rotatable bonds is 7. The maximum absolute atomic E-state index is 12.3. The third kappa shape index (κ3) is 4.53. The van der Waals surface area contributed by atoms with Crippen molar-refractivity contribution in [2.45, 2.75) is 11.9 Å². The van der Waals surface area contributed by atoms with Crippen molar-refractivity contribution in [3.63, 3.8) is 0 Å². The van der Waals surface area contributed by atoms with E-state index in [1.54, 1.807) is 25.3 Å². The van der Waals surface area contributed by atoms with Gasteiger partial charge < -0.3 is 14.8 Å². The van der Waals surface area contributed by atoms with E-state index in [9.17, 15) is 10.1 Å². The van der Waals surface area contributed by atoms with E-state index in [1.807, 2.05) is 37.3 Å². The molecule has 7 heteroatoms. The second-order valence-electron chi connectivity index (χ2n) is 5.78. The van der Waals surface area contributed by atoms with Crippen molar-refractivity contribution in [2.75, 3.05) is 24.8 Å². The molecule has 0 bridgehead atoms. The predicted octanol–water partition coefficient (Wildman–Crippen LogP) is 4.24. The van der Waals surface area contributed by atoms with E-state index in [0.29, 0.717) is 28.6 Å². The summed E-state index contributed by atoms with van der Waals surface area (Å²) in [5, 5.41) is 13.6. The molecule has 3 aromatic rings. The Labute approximate surface area is 167 Å². The molecule has 3 rings (SSSR count). The highest BCUT2D eigenvalue weighted by atomic mass is 32.2. The van der Waals surface area contributed by atoms with Crippen molar-refractivity contribution < 1.29 is 14.3 Å². The van der Waals surface area contributed by atoms with Crippen molar-refractivity contribution in [3.05, 3.63) is 54.1 Å². The van der Waals surface area contributed by atoms with Gasteiger partial charge in [0.05, 0.1) is 36.2 Å². The van der Waals surface area contributed by atoms with Gasteiger partial charge in [0.15, 0.2) is 0 Å². The normalized spacial score (nSPS) is 10.3. The van der Waals surface area contributed by atoms with Crippen molar-refractivity contribution in [2.24, 2.45) is 0 Å². The van der Waals surface area contributed by atoms with Crippen LogP contribution in [-0.4, -0.2) is 30.4 Å². The molecule has 0 radical (unpaired) electrons. The summed E-state index contributed by atoms with van der Waals surface area (Å²) in [4.78, 5) is 16.9. The van der Waals surface area contributed by atoms with Crippen LogP contribution in [0.2, 0.25) is 0 Å². The zero-order valence-electron chi connectivity index (χ0n) is 15.6. The number of aromatic nitrogens is 1. The molecule has 0 saturated carbocycles. The van der Waals surface area contributed by atoms with Gasteiger partial charge in [-0.25, -0.2) is 4.98 Å². The number of hydrogen-bond donors (Lipinski definition) is 1. The van der Waals surface area contributed by atoms with Gasteiger partial charge in [0, 0.05) is 11.5 Å². The first-order chi connectivity index (χ1) is 13.6. The minimum atomic E-state index is -0.205. The van der Waals surface area contributed by atoms with E-state index >= 15 is 0 Å². The number of para-hydroxylation sites is 2. The van der Waals surface area contributed by atoms with E-state index in [1.165, 1.54) is 11.8 Å². The Morgan fingerprint density at radius 3 is 2.82 bits per heavy atom. The molecular formula is C21H19N3O3S. The maximum atomic E-state index is 12.3. The molecule has 0 unspecified atom stereocenters. The van der Waals surface area contributed by atoms with E-state index in [-0.39, 0.29) is 11.7 Å². The zero-order valence-corrected chi connectivity index (χ0v) is 16.4. The Balaban J connectivity index is 1.77. The average Bonchev–Trinajstić information content (AvgIpc) is 2.72. The maximum Gasteiger partial charge on any atom is 0.234 e. The lowest BCUT2D eigenvalue weighted by atomic mass is 10.1. The van der Waals surface area contributed by atoms with Gasteiger partial charge in [-0.3, -0.25) is 4.79 Å². The predicted molar refractivity (Wildman–Crippen MR) is 110 cm³/mol. The Morgan fingerprint density at radius 1 is 1.25 bits per heavy atom. The molecule has 1 N–H and O–H groups in total. The van der Waals surface area contributed by atoms with Gasteiger partial charge in [-0.05, 0) is 37.3 Å². The molecule has 0 spiro atoms. The Bertz CT molecular complexity index is 1050. The number of amides is 1. The summed E-state index contributed by atoms with van der Waals surface area (Å²) < 4.78 is 10.7. The highest BCUT2D eigenvalue weighted by Gasteiger charge is 2.12. The molecule has 0 aliphatic rings. The average molecular weight is 393 g/mol. The number of nitriles is 1. The van der Waals surface area contributed by atoms with Crippen LogP contribution in [-0.2, 0) is 4.79 Å². The largest absolute Gasteiger partial charge is 0.495 e. The smallest absolute Gasteiger partial charge is 0.234 e. The SMILES string of the molecule is CCOc1ccc2cc(C#N)c(SCC(=O)Nc3ccccc3OC)nc2c1. The van der Waals surface area contributed by atoms with Crippen molar-refractivity contribution in [1.29, 1.82) is 5.26 Å². The van der Waals surface area contributed by atoms with Crippen LogP contribution in [0.4, 0.5) is 5.69 Å². The summed E-state index contributed by atoms with van der Waals surface area (Å²) >= 11 is 1.22. The van der Waals surface area contributed by atoms with Gasteiger partial charge >= 0.3 is 0 Å². The van der Waals surface area contributed by atoms with Crippen LogP contribution in [0.5, 0.6) is 11.5 Å². The van der Waals surface area contributed by atoms with Crippen LogP contribution in [0.15, 0.2) is 53.6 Å². The van der Waals surface area contributed by atoms with E-state index in [4.69, 9.17) is 9.47 Å². The molecular weight excluding hydrogens is 374 g/mol. The van der Waals surface area contributed by atoms with Crippen LogP contribution < -0.4 is 14.8 Å². The Morgan fingerprint density at radius 2 is 2.07 bits per heavy atom. The Kier molecular flexibility index (Phi) is 6.35. The van der Waals surface area contributed by atoms with Crippen molar-refractivity contribution in [1.82, 2.24) is 4.98 Å². The molecule has 1 aromatic heterocycles. The van der Waals surface area contributed by atoms with Crippen LogP contribution in [0.3, 0.4) is 0 Å². The van der Waals surface area contributed by atoms with Crippen molar-refractivity contribution in [3.8, 4) is 17.6 Å². The molecule has 0 saturated heterocycles. The van der Waals surface area contributed by atoms with Crippen LogP contribution >= 0.6 is 11.8 Å². The summed E-state index contributed by atoms with van der Waals surface area (Å²) in [5.74, 6) is 1.22. The number of ether oxygens (including phenoxy) is 2. The number of nitrogens with one attached hydrogen (secondary N) is 1. The van der Waals surface area contributed by atoms with Crippen molar-refractivity contribution >= 4 is 34.3 Å². The summed E-state index contributed by atoms with van der Waals surface area (Å²) in [6.45, 7) is 2.48. The zero-order chi connectivity index (χ0) is 19.9. The minimum Gasteiger partial charge on any atom is -0.495 e. The van der Waals surface area contributed by atoms with Gasteiger partial charge in [-0.15, -0.1) is 0 Å². The van der Waals surface area contributed by atoms with E-state index in [0.717, 1.165) is 16.7 Å². The number of benzene rings is 2. The molecule has 0 atom stereocenters. The molecule has 0 aliphatic heterocycles. The standard InChI is InChI=1S/C21H19N3O3S/c1-3-27-16-9-8-14-10-15(12-22)21(24-18(14)11-16)28-13-20(25)23-17-6-4-5-7-19(17)26-2/h4-11H,3,13H2,1-2H3,(H,23,25). The monoisotopic (exact) mass is 393 g/mol. The number of anilines is 1. The highest BCUT2D eigenvalue weighted by molar-refractivity contribution is 8.00. The fourth-order valence-corrected chi connectivity index (χ4v) is 3.41. The number of thioether (sulfide) groups is 1. The Hall–Kier alpha value is -3.24. The summed E-state index contributed by atoms with van der Waals surface area (Å²) in [5.41, 5.74) is 1.76. The first-order valence-corrected chi connectivity index (χ1v) is 9.66. The fourth-order valence-electron chi connectivity index (χ4n) is 2.64. The van der Waals surface area contributed by atoms with Gasteiger partial charge in [-0.1, -0.05) is 23.9 Å². The first-order valence-electron chi connectivity index (χ1n) is 8.68. The van der Waals surface area contributed by atoms with Gasteiger partial charge in [0.2, 0.25) is 5.91 Å². The summed E-state index contributed by atoms with van der Waals surface area (Å²) in [6.07, 6.45) is 0. The van der Waals surface area contributed by atoms with Gasteiger partial charge in [-0.2, -0.15) is 5.26 Å². The lowest BCUT2D eigenvalue weighted by Gasteiger charge is -2.10. The highest BCUT2D eigenvalue weighted by Crippen LogP contribution is 2.28. The first kappa shape index (κ1) is 19.5. The summed E-state index contributed by atoms with van der Waals surface area (Å²) in [7, 11) is 1.55. The quantitative estimate of drug-likeness (QED) is 0.604. The third-order valence-corrected chi connectivity index (χ3v) is 4.90. The molecule has 2 aromatic carbocycles. The number of fused-ring (bicyclic) bond motifs is 1. The molecule has 28 heavy (non-hydrogen) atoms. The topological polar surface area (TPSA) is 84.2 Å². The molecule has 1 amide bonds. The van der Waals surface area contributed by atoms with E-state index < -0.39 is 0 Å². The van der Waals surface area contributed by atoms with Crippen LogP contribution in [0, 0.1) is 11.3 Å².